The molecule has 16 heavy (non-hydrogen) atoms. The molecular weight excluding hydrogens is 210 g/mol. The Morgan fingerprint density at radius 1 is 1.25 bits per heavy atom. The molecule has 0 aliphatic heterocycles. The SMILES string of the molecule is CN(C)CCc1c(F)[nH]c2c(F)cccc12. The predicted molar refractivity (Wildman–Crippen MR) is 60.5 cm³/mol. The molecular formula is C12H14F2N2. The van der Waals surface area contributed by atoms with Gasteiger partial charge < -0.3 is 9.88 Å². The van der Waals surface area contributed by atoms with Crippen LogP contribution in [0.15, 0.2) is 18.2 Å². The normalized spacial score (nSPS) is 11.6. The summed E-state index contributed by atoms with van der Waals surface area (Å²) in [7, 11) is 3.85. The van der Waals surface area contributed by atoms with Crippen molar-refractivity contribution in [2.45, 2.75) is 6.42 Å². The van der Waals surface area contributed by atoms with Crippen LogP contribution in [0.5, 0.6) is 0 Å². The van der Waals surface area contributed by atoms with Gasteiger partial charge in [0, 0.05) is 17.5 Å². The zero-order valence-electron chi connectivity index (χ0n) is 9.35. The van der Waals surface area contributed by atoms with Gasteiger partial charge in [0.25, 0.3) is 0 Å². The first-order chi connectivity index (χ1) is 7.59. The third-order valence-corrected chi connectivity index (χ3v) is 2.65. The number of aromatic nitrogens is 1. The minimum Gasteiger partial charge on any atom is -0.329 e. The molecule has 1 aromatic carbocycles. The molecule has 0 aliphatic rings. The van der Waals surface area contributed by atoms with Gasteiger partial charge in [-0.2, -0.15) is 4.39 Å². The number of likely N-dealkylation sites (N-methyl/N-ethyl adjacent to an activating group) is 1. The lowest BCUT2D eigenvalue weighted by Crippen LogP contribution is -2.15. The summed E-state index contributed by atoms with van der Waals surface area (Å²) < 4.78 is 27.0. The summed E-state index contributed by atoms with van der Waals surface area (Å²) in [6, 6.07) is 4.67. The second kappa shape index (κ2) is 4.22. The average molecular weight is 224 g/mol. The Hall–Kier alpha value is -1.42. The Morgan fingerprint density at radius 2 is 2.00 bits per heavy atom. The third kappa shape index (κ3) is 1.93. The standard InChI is InChI=1S/C12H14F2N2/c1-16(2)7-6-9-8-4-3-5-10(13)11(8)15-12(9)14/h3-5,15H,6-7H2,1-2H3. The van der Waals surface area contributed by atoms with Crippen LogP contribution in [0.2, 0.25) is 0 Å². The number of halogens is 2. The molecule has 0 unspecified atom stereocenters. The van der Waals surface area contributed by atoms with Gasteiger partial charge in [0.1, 0.15) is 5.82 Å². The van der Waals surface area contributed by atoms with Crippen molar-refractivity contribution < 1.29 is 8.78 Å². The number of para-hydroxylation sites is 1. The monoisotopic (exact) mass is 224 g/mol. The molecule has 0 amide bonds. The highest BCUT2D eigenvalue weighted by Gasteiger charge is 2.13. The Bertz CT molecular complexity index is 503. The highest BCUT2D eigenvalue weighted by molar-refractivity contribution is 5.83. The van der Waals surface area contributed by atoms with Crippen LogP contribution in [0.4, 0.5) is 8.78 Å². The van der Waals surface area contributed by atoms with Gasteiger partial charge in [-0.3, -0.25) is 0 Å². The Kier molecular flexibility index (Phi) is 2.92. The van der Waals surface area contributed by atoms with E-state index in [4.69, 9.17) is 0 Å². The van der Waals surface area contributed by atoms with E-state index in [9.17, 15) is 8.78 Å². The summed E-state index contributed by atoms with van der Waals surface area (Å²) in [6.07, 6.45) is 0.572. The fraction of sp³-hybridized carbons (Fsp3) is 0.333. The molecule has 0 saturated carbocycles. The highest BCUT2D eigenvalue weighted by atomic mass is 19.1. The van der Waals surface area contributed by atoms with Crippen LogP contribution in [0.25, 0.3) is 10.9 Å². The van der Waals surface area contributed by atoms with Gasteiger partial charge >= 0.3 is 0 Å². The topological polar surface area (TPSA) is 19.0 Å². The van der Waals surface area contributed by atoms with E-state index in [0.29, 0.717) is 17.4 Å². The van der Waals surface area contributed by atoms with E-state index in [2.05, 4.69) is 4.98 Å². The second-order valence-electron chi connectivity index (χ2n) is 4.13. The van der Waals surface area contributed by atoms with E-state index in [1.165, 1.54) is 6.07 Å². The van der Waals surface area contributed by atoms with E-state index in [-0.39, 0.29) is 5.52 Å². The number of nitrogens with zero attached hydrogens (tertiary/aromatic N) is 1. The molecule has 2 rings (SSSR count). The summed E-state index contributed by atoms with van der Waals surface area (Å²) in [5.74, 6) is -0.838. The number of fused-ring (bicyclic) bond motifs is 1. The molecule has 0 saturated heterocycles. The first-order valence-corrected chi connectivity index (χ1v) is 5.19. The van der Waals surface area contributed by atoms with Gasteiger partial charge in [-0.15, -0.1) is 0 Å². The zero-order valence-corrected chi connectivity index (χ0v) is 9.35. The molecule has 0 aliphatic carbocycles. The number of benzene rings is 1. The molecule has 4 heteroatoms. The van der Waals surface area contributed by atoms with E-state index >= 15 is 0 Å². The second-order valence-corrected chi connectivity index (χ2v) is 4.13. The number of nitrogens with one attached hydrogen (secondary N) is 1. The Labute approximate surface area is 92.9 Å². The van der Waals surface area contributed by atoms with E-state index in [1.807, 2.05) is 19.0 Å². The first kappa shape index (κ1) is 11.1. The molecule has 86 valence electrons. The van der Waals surface area contributed by atoms with Crippen molar-refractivity contribution in [3.05, 3.63) is 35.5 Å². The fourth-order valence-corrected chi connectivity index (χ4v) is 1.79. The minimum atomic E-state index is -0.429. The van der Waals surface area contributed by atoms with Crippen molar-refractivity contribution in [3.8, 4) is 0 Å². The number of hydrogen-bond donors (Lipinski definition) is 1. The van der Waals surface area contributed by atoms with Crippen molar-refractivity contribution in [1.82, 2.24) is 9.88 Å². The lowest BCUT2D eigenvalue weighted by molar-refractivity contribution is 0.410. The van der Waals surface area contributed by atoms with Crippen LogP contribution in [0.3, 0.4) is 0 Å². The van der Waals surface area contributed by atoms with Crippen molar-refractivity contribution >= 4 is 10.9 Å². The van der Waals surface area contributed by atoms with E-state index in [0.717, 1.165) is 6.54 Å². The van der Waals surface area contributed by atoms with Gasteiger partial charge in [-0.05, 0) is 26.6 Å². The van der Waals surface area contributed by atoms with Crippen LogP contribution >= 0.6 is 0 Å². The number of H-pyrrole nitrogens is 1. The molecule has 0 radical (unpaired) electrons. The summed E-state index contributed by atoms with van der Waals surface area (Å²) in [6.45, 7) is 0.736. The third-order valence-electron chi connectivity index (χ3n) is 2.65. The Balaban J connectivity index is 2.44. The molecule has 1 N–H and O–H groups in total. The van der Waals surface area contributed by atoms with Crippen LogP contribution in [0.1, 0.15) is 5.56 Å². The number of aromatic amines is 1. The van der Waals surface area contributed by atoms with Crippen LogP contribution in [-0.4, -0.2) is 30.5 Å². The lowest BCUT2D eigenvalue weighted by Gasteiger charge is -2.08. The first-order valence-electron chi connectivity index (χ1n) is 5.19. The Morgan fingerprint density at radius 3 is 2.69 bits per heavy atom. The van der Waals surface area contributed by atoms with Gasteiger partial charge in [0.05, 0.1) is 5.52 Å². The lowest BCUT2D eigenvalue weighted by atomic mass is 10.1. The maximum atomic E-state index is 13.6. The maximum absolute atomic E-state index is 13.6. The predicted octanol–water partition coefficient (Wildman–Crippen LogP) is 2.55. The molecule has 2 nitrogen and oxygen atoms in total. The van der Waals surface area contributed by atoms with Crippen molar-refractivity contribution in [2.75, 3.05) is 20.6 Å². The summed E-state index contributed by atoms with van der Waals surface area (Å²) >= 11 is 0. The maximum Gasteiger partial charge on any atom is 0.195 e. The van der Waals surface area contributed by atoms with Crippen molar-refractivity contribution in [3.63, 3.8) is 0 Å². The number of hydrogen-bond acceptors (Lipinski definition) is 1. The van der Waals surface area contributed by atoms with Crippen LogP contribution < -0.4 is 0 Å². The van der Waals surface area contributed by atoms with E-state index in [1.54, 1.807) is 12.1 Å². The van der Waals surface area contributed by atoms with Gasteiger partial charge in [0.2, 0.25) is 0 Å². The summed E-state index contributed by atoms with van der Waals surface area (Å²) in [4.78, 5) is 4.43. The van der Waals surface area contributed by atoms with Gasteiger partial charge in [0.15, 0.2) is 5.95 Å². The highest BCUT2D eigenvalue weighted by Crippen LogP contribution is 2.24. The molecule has 1 heterocycles. The van der Waals surface area contributed by atoms with E-state index < -0.39 is 11.8 Å². The van der Waals surface area contributed by atoms with Gasteiger partial charge in [-0.1, -0.05) is 12.1 Å². The van der Waals surface area contributed by atoms with Crippen molar-refractivity contribution in [2.24, 2.45) is 0 Å². The fourth-order valence-electron chi connectivity index (χ4n) is 1.79. The molecule has 0 fully saturated rings. The minimum absolute atomic E-state index is 0.258. The molecule has 2 aromatic rings. The zero-order chi connectivity index (χ0) is 11.7. The summed E-state index contributed by atoms with van der Waals surface area (Å²) in [5, 5.41) is 0.638. The van der Waals surface area contributed by atoms with Crippen molar-refractivity contribution in [1.29, 1.82) is 0 Å². The molecule has 0 atom stereocenters. The summed E-state index contributed by atoms with van der Waals surface area (Å²) in [5.41, 5.74) is 0.817. The molecule has 1 aromatic heterocycles. The molecule has 0 bridgehead atoms. The van der Waals surface area contributed by atoms with Gasteiger partial charge in [-0.25, -0.2) is 4.39 Å². The molecule has 0 spiro atoms. The smallest absolute Gasteiger partial charge is 0.195 e. The van der Waals surface area contributed by atoms with Crippen LogP contribution in [-0.2, 0) is 6.42 Å². The quantitative estimate of drug-likeness (QED) is 0.848. The largest absolute Gasteiger partial charge is 0.329 e. The van der Waals surface area contributed by atoms with Crippen LogP contribution in [0, 0.1) is 11.8 Å². The average Bonchev–Trinajstić information content (AvgIpc) is 2.53. The number of rotatable bonds is 3.